The quantitative estimate of drug-likeness (QED) is 0.781. The van der Waals surface area contributed by atoms with Crippen LogP contribution in [0.25, 0.3) is 0 Å². The summed E-state index contributed by atoms with van der Waals surface area (Å²) in [4.78, 5) is 35.7. The highest BCUT2D eigenvalue weighted by Crippen LogP contribution is 2.33. The monoisotopic (exact) mass is 298 g/mol. The Morgan fingerprint density at radius 3 is 2.62 bits per heavy atom. The Kier molecular flexibility index (Phi) is 2.79. The van der Waals surface area contributed by atoms with Crippen molar-refractivity contribution in [1.82, 2.24) is 10.2 Å². The van der Waals surface area contributed by atoms with Gasteiger partial charge < -0.3 is 4.90 Å². The van der Waals surface area contributed by atoms with Gasteiger partial charge in [-0.25, -0.2) is 4.39 Å². The van der Waals surface area contributed by atoms with Crippen molar-refractivity contribution in [1.29, 1.82) is 0 Å². The molecule has 2 aliphatic heterocycles. The van der Waals surface area contributed by atoms with Gasteiger partial charge in [0.05, 0.1) is 13.0 Å². The number of piperidine rings is 1. The molecule has 2 heterocycles. The lowest BCUT2D eigenvalue weighted by Gasteiger charge is -2.33. The van der Waals surface area contributed by atoms with E-state index in [4.69, 9.17) is 0 Å². The molecule has 1 fully saturated rings. The molecular weight excluding hydrogens is 289 g/mol. The number of rotatable bonds is 1. The summed E-state index contributed by atoms with van der Waals surface area (Å²) in [5.74, 6) is -7.74. The van der Waals surface area contributed by atoms with Crippen molar-refractivity contribution in [2.24, 2.45) is 0 Å². The van der Waals surface area contributed by atoms with Gasteiger partial charge in [0, 0.05) is 11.1 Å². The third-order valence-corrected chi connectivity index (χ3v) is 3.64. The molecule has 0 bridgehead atoms. The van der Waals surface area contributed by atoms with E-state index in [1.807, 2.05) is 0 Å². The number of benzene rings is 1. The van der Waals surface area contributed by atoms with E-state index in [0.717, 1.165) is 11.0 Å². The van der Waals surface area contributed by atoms with E-state index in [1.54, 1.807) is 5.32 Å². The summed E-state index contributed by atoms with van der Waals surface area (Å²) >= 11 is 0. The largest absolute Gasteiger partial charge is 0.327 e. The second kappa shape index (κ2) is 4.31. The predicted molar refractivity (Wildman–Crippen MR) is 62.8 cm³/mol. The second-order valence-electron chi connectivity index (χ2n) is 4.94. The zero-order valence-corrected chi connectivity index (χ0v) is 10.5. The number of amides is 3. The minimum Gasteiger partial charge on any atom is -0.322 e. The van der Waals surface area contributed by atoms with Crippen molar-refractivity contribution in [3.8, 4) is 0 Å². The zero-order valence-electron chi connectivity index (χ0n) is 10.5. The molecule has 0 aromatic heterocycles. The van der Waals surface area contributed by atoms with Gasteiger partial charge in [-0.1, -0.05) is 6.07 Å². The summed E-state index contributed by atoms with van der Waals surface area (Å²) in [7, 11) is 0. The lowest BCUT2D eigenvalue weighted by molar-refractivity contribution is -0.160. The van der Waals surface area contributed by atoms with E-state index >= 15 is 0 Å². The number of fused-ring (bicyclic) bond motifs is 1. The minimum atomic E-state index is -3.74. The van der Waals surface area contributed by atoms with Gasteiger partial charge in [0.2, 0.25) is 5.91 Å². The lowest BCUT2D eigenvalue weighted by atomic mass is 10.0. The van der Waals surface area contributed by atoms with Crippen molar-refractivity contribution in [3.63, 3.8) is 0 Å². The molecule has 0 radical (unpaired) electrons. The number of carbonyl (C=O) groups excluding carboxylic acids is 3. The molecule has 1 aromatic rings. The van der Waals surface area contributed by atoms with E-state index in [9.17, 15) is 27.6 Å². The molecular formula is C13H9F3N2O3. The Bertz CT molecular complexity index is 675. The number of carbonyl (C=O) groups is 3. The molecule has 5 nitrogen and oxygen atoms in total. The van der Waals surface area contributed by atoms with Gasteiger partial charge in [-0.15, -0.1) is 0 Å². The molecule has 8 heteroatoms. The van der Waals surface area contributed by atoms with Crippen LogP contribution in [0.4, 0.5) is 13.2 Å². The van der Waals surface area contributed by atoms with Gasteiger partial charge in [0.25, 0.3) is 11.8 Å². The summed E-state index contributed by atoms with van der Waals surface area (Å²) in [6.07, 6.45) is -1.10. The maximum absolute atomic E-state index is 13.6. The average molecular weight is 298 g/mol. The van der Waals surface area contributed by atoms with Crippen LogP contribution in [-0.2, 0) is 16.1 Å². The number of imide groups is 1. The molecule has 3 rings (SSSR count). The second-order valence-corrected chi connectivity index (χ2v) is 4.94. The Morgan fingerprint density at radius 2 is 1.95 bits per heavy atom. The topological polar surface area (TPSA) is 66.5 Å². The van der Waals surface area contributed by atoms with Crippen LogP contribution in [0.5, 0.6) is 0 Å². The highest BCUT2D eigenvalue weighted by molar-refractivity contribution is 6.07. The summed E-state index contributed by atoms with van der Waals surface area (Å²) in [5, 5.41) is 1.54. The van der Waals surface area contributed by atoms with Crippen molar-refractivity contribution >= 4 is 17.7 Å². The summed E-state index contributed by atoms with van der Waals surface area (Å²) in [6, 6.07) is 2.34. The SMILES string of the molecule is O=C1NC(=O)C(F)(F)CC1N1Cc2c(F)cccc2C1=O. The molecule has 0 saturated carbocycles. The fourth-order valence-electron chi connectivity index (χ4n) is 2.53. The first-order valence-electron chi connectivity index (χ1n) is 6.13. The van der Waals surface area contributed by atoms with Crippen molar-refractivity contribution in [2.45, 2.75) is 24.9 Å². The van der Waals surface area contributed by atoms with E-state index in [1.165, 1.54) is 12.1 Å². The number of hydrogen-bond acceptors (Lipinski definition) is 3. The van der Waals surface area contributed by atoms with Gasteiger partial charge in [0.15, 0.2) is 0 Å². The molecule has 1 saturated heterocycles. The van der Waals surface area contributed by atoms with Crippen molar-refractivity contribution < 1.29 is 27.6 Å². The highest BCUT2D eigenvalue weighted by atomic mass is 19.3. The first-order valence-corrected chi connectivity index (χ1v) is 6.13. The van der Waals surface area contributed by atoms with Crippen molar-refractivity contribution in [2.75, 3.05) is 0 Å². The molecule has 110 valence electrons. The molecule has 0 aliphatic carbocycles. The van der Waals surface area contributed by atoms with E-state index in [2.05, 4.69) is 0 Å². The Morgan fingerprint density at radius 1 is 1.24 bits per heavy atom. The third kappa shape index (κ3) is 1.98. The molecule has 1 N–H and O–H groups in total. The summed E-state index contributed by atoms with van der Waals surface area (Å²) < 4.78 is 40.5. The van der Waals surface area contributed by atoms with Crippen LogP contribution in [0.2, 0.25) is 0 Å². The standard InChI is InChI=1S/C13H9F3N2O3/c14-8-3-1-2-6-7(8)5-18(11(6)20)9-4-13(15,16)12(21)17-10(9)19/h1-3,9H,4-5H2,(H,17,19,21). The fraction of sp³-hybridized carbons (Fsp3) is 0.308. The third-order valence-electron chi connectivity index (χ3n) is 3.64. The van der Waals surface area contributed by atoms with Crippen LogP contribution in [-0.4, -0.2) is 34.6 Å². The van der Waals surface area contributed by atoms with Crippen LogP contribution in [0.15, 0.2) is 18.2 Å². The molecule has 1 unspecified atom stereocenters. The molecule has 3 amide bonds. The molecule has 2 aliphatic rings. The Balaban J connectivity index is 1.93. The average Bonchev–Trinajstić information content (AvgIpc) is 2.74. The number of halogens is 3. The summed E-state index contributed by atoms with van der Waals surface area (Å²) in [5.41, 5.74) is 0.110. The van der Waals surface area contributed by atoms with E-state index in [0.29, 0.717) is 0 Å². The van der Waals surface area contributed by atoms with Crippen LogP contribution in [0.1, 0.15) is 22.3 Å². The maximum Gasteiger partial charge on any atom is 0.327 e. The molecule has 21 heavy (non-hydrogen) atoms. The Labute approximate surface area is 116 Å². The fourth-order valence-corrected chi connectivity index (χ4v) is 2.53. The van der Waals surface area contributed by atoms with Crippen molar-refractivity contribution in [3.05, 3.63) is 35.1 Å². The maximum atomic E-state index is 13.6. The normalized spacial score (nSPS) is 24.0. The molecule has 1 atom stereocenters. The first-order chi connectivity index (χ1) is 9.81. The van der Waals surface area contributed by atoms with Gasteiger partial charge >= 0.3 is 5.92 Å². The van der Waals surface area contributed by atoms with Crippen LogP contribution >= 0.6 is 0 Å². The zero-order chi connectivity index (χ0) is 15.4. The van der Waals surface area contributed by atoms with Crippen LogP contribution in [0, 0.1) is 5.82 Å². The van der Waals surface area contributed by atoms with Gasteiger partial charge in [-0.05, 0) is 12.1 Å². The first kappa shape index (κ1) is 13.6. The predicted octanol–water partition coefficient (Wildman–Crippen LogP) is 0.832. The number of alkyl halides is 2. The number of nitrogens with zero attached hydrogens (tertiary/aromatic N) is 1. The van der Waals surface area contributed by atoms with Crippen LogP contribution < -0.4 is 5.32 Å². The lowest BCUT2D eigenvalue weighted by Crippen LogP contribution is -2.60. The number of hydrogen-bond donors (Lipinski definition) is 1. The van der Waals surface area contributed by atoms with E-state index < -0.39 is 41.9 Å². The highest BCUT2D eigenvalue weighted by Gasteiger charge is 2.52. The Hall–Kier alpha value is -2.38. The number of nitrogens with one attached hydrogen (secondary N) is 1. The van der Waals surface area contributed by atoms with Gasteiger partial charge in [-0.3, -0.25) is 19.7 Å². The minimum absolute atomic E-state index is 0.0445. The molecule has 1 aromatic carbocycles. The molecule has 0 spiro atoms. The van der Waals surface area contributed by atoms with E-state index in [-0.39, 0.29) is 17.7 Å². The van der Waals surface area contributed by atoms with Gasteiger partial charge in [0.1, 0.15) is 11.9 Å². The van der Waals surface area contributed by atoms with Gasteiger partial charge in [-0.2, -0.15) is 8.78 Å². The summed E-state index contributed by atoms with van der Waals surface area (Å²) in [6.45, 7) is -0.275. The van der Waals surface area contributed by atoms with Crippen LogP contribution in [0.3, 0.4) is 0 Å². The smallest absolute Gasteiger partial charge is 0.322 e.